The summed E-state index contributed by atoms with van der Waals surface area (Å²) in [4.78, 5) is 28.9. The number of nitrogens with zero attached hydrogens (tertiary/aromatic N) is 2. The number of rotatable bonds is 4. The molecule has 2 aliphatic rings. The third kappa shape index (κ3) is 3.49. The van der Waals surface area contributed by atoms with E-state index in [-0.39, 0.29) is 30.2 Å². The molecule has 5 rings (SSSR count). The third-order valence-corrected chi connectivity index (χ3v) is 7.14. The molecule has 0 bridgehead atoms. The number of fused-ring (bicyclic) bond motifs is 3. The summed E-state index contributed by atoms with van der Waals surface area (Å²) >= 11 is 0. The van der Waals surface area contributed by atoms with Gasteiger partial charge in [-0.3, -0.25) is 9.59 Å². The lowest BCUT2D eigenvalue weighted by molar-refractivity contribution is -0.134. The number of nitrogens with one attached hydrogen (secondary N) is 1. The predicted octanol–water partition coefficient (Wildman–Crippen LogP) is 4.48. The molecule has 3 aromatic rings. The van der Waals surface area contributed by atoms with Crippen LogP contribution in [-0.4, -0.2) is 32.9 Å². The van der Waals surface area contributed by atoms with Crippen molar-refractivity contribution in [2.75, 3.05) is 0 Å². The summed E-state index contributed by atoms with van der Waals surface area (Å²) in [5.74, 6) is -0.0350. The van der Waals surface area contributed by atoms with Crippen LogP contribution in [0.15, 0.2) is 47.1 Å². The normalized spacial score (nSPS) is 25.7. The molecule has 1 atom stereocenters. The Morgan fingerprint density at radius 1 is 1.19 bits per heavy atom. The minimum absolute atomic E-state index is 0.123. The van der Waals surface area contributed by atoms with E-state index in [4.69, 9.17) is 4.42 Å². The standard InChI is InChI=1S/C25H28FN3O3/c1-16-3-9-19(10-4-16)27-24(31)25(2)15-28-20-11-12-32-22(20)13-21(28)23(30)29(25)14-17-5-7-18(26)8-6-17/h5-8,11-13,16,19H,3-4,9-10,14-15H2,1-2H3,(H,27,31)/t16?,19?,25-/m0/s1. The molecule has 1 aliphatic carbocycles. The van der Waals surface area contributed by atoms with E-state index >= 15 is 0 Å². The van der Waals surface area contributed by atoms with Crippen LogP contribution in [0.1, 0.15) is 55.6 Å². The highest BCUT2D eigenvalue weighted by atomic mass is 19.1. The lowest BCUT2D eigenvalue weighted by Gasteiger charge is -2.45. The van der Waals surface area contributed by atoms with Crippen LogP contribution in [0.3, 0.4) is 0 Å². The molecule has 1 fully saturated rings. The Morgan fingerprint density at radius 3 is 2.62 bits per heavy atom. The van der Waals surface area contributed by atoms with E-state index in [9.17, 15) is 14.0 Å². The fraction of sp³-hybridized carbons (Fsp3) is 0.440. The van der Waals surface area contributed by atoms with Gasteiger partial charge in [0.25, 0.3) is 5.91 Å². The van der Waals surface area contributed by atoms with E-state index in [0.29, 0.717) is 23.7 Å². The number of carbonyl (C=O) groups excluding carboxylic acids is 2. The van der Waals surface area contributed by atoms with E-state index < -0.39 is 5.54 Å². The summed E-state index contributed by atoms with van der Waals surface area (Å²) in [6, 6.07) is 9.74. The van der Waals surface area contributed by atoms with Crippen molar-refractivity contribution in [3.05, 3.63) is 59.7 Å². The summed E-state index contributed by atoms with van der Waals surface area (Å²) in [6.45, 7) is 4.61. The Balaban J connectivity index is 1.50. The Kier molecular flexibility index (Phi) is 5.07. The van der Waals surface area contributed by atoms with Gasteiger partial charge in [-0.15, -0.1) is 0 Å². The molecule has 0 radical (unpaired) electrons. The lowest BCUT2D eigenvalue weighted by atomic mass is 9.86. The van der Waals surface area contributed by atoms with Gasteiger partial charge in [0, 0.05) is 24.7 Å². The van der Waals surface area contributed by atoms with Gasteiger partial charge in [-0.25, -0.2) is 4.39 Å². The monoisotopic (exact) mass is 437 g/mol. The molecule has 6 nitrogen and oxygen atoms in total. The highest BCUT2D eigenvalue weighted by molar-refractivity contribution is 6.02. The number of hydrogen-bond acceptors (Lipinski definition) is 3. The molecular formula is C25H28FN3O3. The fourth-order valence-electron chi connectivity index (χ4n) is 5.04. The van der Waals surface area contributed by atoms with E-state index in [1.54, 1.807) is 29.4 Å². The number of halogens is 1. The Hall–Kier alpha value is -3.09. The molecule has 2 aromatic heterocycles. The van der Waals surface area contributed by atoms with Crippen molar-refractivity contribution >= 4 is 22.9 Å². The number of benzene rings is 1. The van der Waals surface area contributed by atoms with Gasteiger partial charge in [0.2, 0.25) is 5.91 Å². The fourth-order valence-corrected chi connectivity index (χ4v) is 5.04. The van der Waals surface area contributed by atoms with Gasteiger partial charge in [0.05, 0.1) is 18.3 Å². The average Bonchev–Trinajstić information content (AvgIpc) is 3.36. The van der Waals surface area contributed by atoms with Crippen LogP contribution in [0.5, 0.6) is 0 Å². The zero-order chi connectivity index (χ0) is 22.5. The van der Waals surface area contributed by atoms with Gasteiger partial charge in [0.15, 0.2) is 5.58 Å². The van der Waals surface area contributed by atoms with Crippen molar-refractivity contribution in [1.29, 1.82) is 0 Å². The molecule has 1 aliphatic heterocycles. The van der Waals surface area contributed by atoms with Gasteiger partial charge >= 0.3 is 0 Å². The Bertz CT molecular complexity index is 1160. The molecule has 0 unspecified atom stereocenters. The molecule has 32 heavy (non-hydrogen) atoms. The molecule has 7 heteroatoms. The second-order valence-corrected chi connectivity index (χ2v) is 9.51. The van der Waals surface area contributed by atoms with Crippen LogP contribution >= 0.6 is 0 Å². The van der Waals surface area contributed by atoms with Gasteiger partial charge in [-0.2, -0.15) is 0 Å². The quantitative estimate of drug-likeness (QED) is 0.654. The summed E-state index contributed by atoms with van der Waals surface area (Å²) in [5, 5.41) is 3.23. The van der Waals surface area contributed by atoms with Crippen molar-refractivity contribution in [3.63, 3.8) is 0 Å². The number of carbonyl (C=O) groups is 2. The van der Waals surface area contributed by atoms with E-state index in [1.807, 2.05) is 17.6 Å². The molecule has 1 aromatic carbocycles. The highest BCUT2D eigenvalue weighted by Gasteiger charge is 2.48. The van der Waals surface area contributed by atoms with E-state index in [2.05, 4.69) is 12.2 Å². The van der Waals surface area contributed by atoms with Gasteiger partial charge in [-0.1, -0.05) is 19.1 Å². The number of amides is 2. The summed E-state index contributed by atoms with van der Waals surface area (Å²) in [6.07, 6.45) is 5.69. The average molecular weight is 438 g/mol. The largest absolute Gasteiger partial charge is 0.463 e. The van der Waals surface area contributed by atoms with Crippen molar-refractivity contribution in [1.82, 2.24) is 14.8 Å². The maximum Gasteiger partial charge on any atom is 0.271 e. The first-order valence-electron chi connectivity index (χ1n) is 11.3. The second-order valence-electron chi connectivity index (χ2n) is 9.51. The topological polar surface area (TPSA) is 67.5 Å². The van der Waals surface area contributed by atoms with Crippen LogP contribution in [0, 0.1) is 11.7 Å². The number of aromatic nitrogens is 1. The minimum atomic E-state index is -1.09. The van der Waals surface area contributed by atoms with Gasteiger partial charge < -0.3 is 19.2 Å². The molecule has 0 saturated heterocycles. The number of hydrogen-bond donors (Lipinski definition) is 1. The van der Waals surface area contributed by atoms with Crippen LogP contribution < -0.4 is 5.32 Å². The molecule has 168 valence electrons. The molecule has 1 saturated carbocycles. The smallest absolute Gasteiger partial charge is 0.271 e. The predicted molar refractivity (Wildman–Crippen MR) is 118 cm³/mol. The summed E-state index contributed by atoms with van der Waals surface area (Å²) < 4.78 is 20.8. The molecule has 0 spiro atoms. The Labute approximate surface area is 186 Å². The first-order chi connectivity index (χ1) is 15.3. The number of furan rings is 1. The zero-order valence-corrected chi connectivity index (χ0v) is 18.4. The van der Waals surface area contributed by atoms with E-state index in [1.165, 1.54) is 12.1 Å². The van der Waals surface area contributed by atoms with Gasteiger partial charge in [0.1, 0.15) is 17.1 Å². The van der Waals surface area contributed by atoms with E-state index in [0.717, 1.165) is 36.8 Å². The SMILES string of the molecule is CC1CCC(NC(=O)[C@]2(C)Cn3c(cc4occc43)C(=O)N2Cc2ccc(F)cc2)CC1. The maximum absolute atomic E-state index is 13.7. The van der Waals surface area contributed by atoms with Gasteiger partial charge in [-0.05, 0) is 56.2 Å². The molecule has 1 N–H and O–H groups in total. The van der Waals surface area contributed by atoms with Crippen molar-refractivity contribution in [3.8, 4) is 0 Å². The maximum atomic E-state index is 13.7. The molecule has 2 amide bonds. The summed E-state index contributed by atoms with van der Waals surface area (Å²) in [7, 11) is 0. The van der Waals surface area contributed by atoms with Crippen molar-refractivity contribution < 1.29 is 18.4 Å². The lowest BCUT2D eigenvalue weighted by Crippen LogP contribution is -2.64. The Morgan fingerprint density at radius 2 is 1.91 bits per heavy atom. The second kappa shape index (κ2) is 7.80. The molecule has 3 heterocycles. The highest BCUT2D eigenvalue weighted by Crippen LogP contribution is 2.34. The first-order valence-corrected chi connectivity index (χ1v) is 11.3. The van der Waals surface area contributed by atoms with Crippen LogP contribution in [0.4, 0.5) is 4.39 Å². The zero-order valence-electron chi connectivity index (χ0n) is 18.4. The third-order valence-electron chi connectivity index (χ3n) is 7.14. The minimum Gasteiger partial charge on any atom is -0.463 e. The molecular weight excluding hydrogens is 409 g/mol. The van der Waals surface area contributed by atoms with Crippen molar-refractivity contribution in [2.24, 2.45) is 5.92 Å². The van der Waals surface area contributed by atoms with Crippen LogP contribution in [-0.2, 0) is 17.9 Å². The first kappa shape index (κ1) is 20.8. The van der Waals surface area contributed by atoms with Crippen LogP contribution in [0.25, 0.3) is 11.1 Å². The summed E-state index contributed by atoms with van der Waals surface area (Å²) in [5.41, 5.74) is 1.61. The van der Waals surface area contributed by atoms with Crippen molar-refractivity contribution in [2.45, 2.75) is 64.2 Å². The van der Waals surface area contributed by atoms with Crippen LogP contribution in [0.2, 0.25) is 0 Å².